The summed E-state index contributed by atoms with van der Waals surface area (Å²) in [6.07, 6.45) is 0.314. The summed E-state index contributed by atoms with van der Waals surface area (Å²) in [5, 5.41) is 8.99. The number of rotatable bonds is 6. The summed E-state index contributed by atoms with van der Waals surface area (Å²) in [6.45, 7) is 6.16. The van der Waals surface area contributed by atoms with E-state index >= 15 is 0 Å². The van der Waals surface area contributed by atoms with Crippen LogP contribution in [0.1, 0.15) is 24.5 Å². The molecule has 1 atom stereocenters. The summed E-state index contributed by atoms with van der Waals surface area (Å²) >= 11 is 0. The summed E-state index contributed by atoms with van der Waals surface area (Å²) in [7, 11) is 1.69. The third-order valence-electron chi connectivity index (χ3n) is 3.22. The van der Waals surface area contributed by atoms with E-state index in [2.05, 4.69) is 6.07 Å². The van der Waals surface area contributed by atoms with Gasteiger partial charge in [-0.2, -0.15) is 0 Å². The van der Waals surface area contributed by atoms with Crippen LogP contribution in [0.2, 0.25) is 0 Å². The number of hydrogen-bond donors (Lipinski definition) is 1. The van der Waals surface area contributed by atoms with Gasteiger partial charge < -0.3 is 14.7 Å². The second kappa shape index (κ2) is 7.14. The molecule has 1 aromatic carbocycles. The van der Waals surface area contributed by atoms with E-state index in [9.17, 15) is 4.79 Å². The molecule has 1 unspecified atom stereocenters. The smallest absolute Gasteiger partial charge is 0.226 e. The maximum absolute atomic E-state index is 11.8. The van der Waals surface area contributed by atoms with Gasteiger partial charge in [0.25, 0.3) is 0 Å². The molecule has 0 saturated heterocycles. The van der Waals surface area contributed by atoms with Crippen molar-refractivity contribution in [3.63, 3.8) is 0 Å². The molecule has 0 radical (unpaired) electrons. The molecule has 0 spiro atoms. The molecule has 1 amide bonds. The molecule has 0 saturated carbocycles. The SMILES string of the molecule is Cc1ccc(OCCC(=O)N(C)C(C)CO)c(C)c1. The van der Waals surface area contributed by atoms with Crippen molar-refractivity contribution < 1.29 is 14.6 Å². The standard InChI is InChI=1S/C15H23NO3/c1-11-5-6-14(12(2)9-11)19-8-7-15(18)16(4)13(3)10-17/h5-6,9,13,17H,7-8,10H2,1-4H3. The average molecular weight is 265 g/mol. The number of likely N-dealkylation sites (N-methyl/N-ethyl adjacent to an activating group) is 1. The predicted molar refractivity (Wildman–Crippen MR) is 75.3 cm³/mol. The Morgan fingerprint density at radius 3 is 2.68 bits per heavy atom. The van der Waals surface area contributed by atoms with Crippen molar-refractivity contribution in [2.45, 2.75) is 33.2 Å². The highest BCUT2D eigenvalue weighted by Crippen LogP contribution is 2.18. The molecule has 0 aliphatic heterocycles. The highest BCUT2D eigenvalue weighted by molar-refractivity contribution is 5.76. The zero-order chi connectivity index (χ0) is 14.4. The van der Waals surface area contributed by atoms with Crippen molar-refractivity contribution in [1.82, 2.24) is 4.90 Å². The van der Waals surface area contributed by atoms with Crippen LogP contribution in [-0.4, -0.2) is 42.2 Å². The number of carbonyl (C=O) groups excluding carboxylic acids is 1. The second-order valence-corrected chi connectivity index (χ2v) is 4.90. The highest BCUT2D eigenvalue weighted by atomic mass is 16.5. The van der Waals surface area contributed by atoms with E-state index in [1.165, 1.54) is 5.56 Å². The number of ether oxygens (including phenoxy) is 1. The van der Waals surface area contributed by atoms with E-state index in [0.717, 1.165) is 11.3 Å². The largest absolute Gasteiger partial charge is 0.493 e. The minimum absolute atomic E-state index is 0.0219. The third kappa shape index (κ3) is 4.56. The fourth-order valence-corrected chi connectivity index (χ4v) is 1.75. The first-order valence-electron chi connectivity index (χ1n) is 6.52. The number of benzene rings is 1. The molecule has 1 rings (SSSR count). The first-order valence-corrected chi connectivity index (χ1v) is 6.52. The molecule has 0 fully saturated rings. The van der Waals surface area contributed by atoms with E-state index in [1.54, 1.807) is 11.9 Å². The third-order valence-corrected chi connectivity index (χ3v) is 3.22. The number of amides is 1. The topological polar surface area (TPSA) is 49.8 Å². The van der Waals surface area contributed by atoms with Crippen molar-refractivity contribution in [2.75, 3.05) is 20.3 Å². The molecule has 0 aromatic heterocycles. The number of aliphatic hydroxyl groups excluding tert-OH is 1. The van der Waals surface area contributed by atoms with Gasteiger partial charge in [-0.1, -0.05) is 17.7 Å². The van der Waals surface area contributed by atoms with Crippen molar-refractivity contribution >= 4 is 5.91 Å². The Morgan fingerprint density at radius 2 is 2.11 bits per heavy atom. The highest BCUT2D eigenvalue weighted by Gasteiger charge is 2.14. The first-order chi connectivity index (χ1) is 8.95. The minimum atomic E-state index is -0.159. The van der Waals surface area contributed by atoms with Gasteiger partial charge in [0.05, 0.1) is 25.7 Å². The Bertz CT molecular complexity index is 431. The zero-order valence-corrected chi connectivity index (χ0v) is 12.1. The molecule has 106 valence electrons. The quantitative estimate of drug-likeness (QED) is 0.855. The lowest BCUT2D eigenvalue weighted by molar-refractivity contribution is -0.132. The van der Waals surface area contributed by atoms with Gasteiger partial charge in [-0.25, -0.2) is 0 Å². The summed E-state index contributed by atoms with van der Waals surface area (Å²) in [6, 6.07) is 5.81. The summed E-state index contributed by atoms with van der Waals surface area (Å²) in [5.41, 5.74) is 2.27. The molecule has 19 heavy (non-hydrogen) atoms. The van der Waals surface area contributed by atoms with Gasteiger partial charge in [0.2, 0.25) is 5.91 Å². The Labute approximate surface area is 115 Å². The Hall–Kier alpha value is -1.55. The van der Waals surface area contributed by atoms with Crippen molar-refractivity contribution in [3.05, 3.63) is 29.3 Å². The summed E-state index contributed by atoms with van der Waals surface area (Å²) in [5.74, 6) is 0.794. The van der Waals surface area contributed by atoms with Crippen LogP contribution >= 0.6 is 0 Å². The molecule has 4 heteroatoms. The van der Waals surface area contributed by atoms with Crippen molar-refractivity contribution in [1.29, 1.82) is 0 Å². The van der Waals surface area contributed by atoms with Gasteiger partial charge in [-0.15, -0.1) is 0 Å². The molecule has 0 bridgehead atoms. The first kappa shape index (κ1) is 15.5. The van der Waals surface area contributed by atoms with Crippen LogP contribution in [0.15, 0.2) is 18.2 Å². The van der Waals surface area contributed by atoms with Gasteiger partial charge >= 0.3 is 0 Å². The van der Waals surface area contributed by atoms with E-state index in [1.807, 2.05) is 32.9 Å². The van der Waals surface area contributed by atoms with E-state index in [0.29, 0.717) is 13.0 Å². The van der Waals surface area contributed by atoms with Gasteiger partial charge in [0.1, 0.15) is 5.75 Å². The lowest BCUT2D eigenvalue weighted by Crippen LogP contribution is -2.37. The number of aliphatic hydroxyl groups is 1. The lowest BCUT2D eigenvalue weighted by Gasteiger charge is -2.23. The number of carbonyl (C=O) groups is 1. The van der Waals surface area contributed by atoms with Crippen LogP contribution in [0, 0.1) is 13.8 Å². The number of nitrogens with zero attached hydrogens (tertiary/aromatic N) is 1. The Kier molecular flexibility index (Phi) is 5.83. The summed E-state index contributed by atoms with van der Waals surface area (Å²) in [4.78, 5) is 13.4. The van der Waals surface area contributed by atoms with E-state index < -0.39 is 0 Å². The molecular formula is C15H23NO3. The maximum atomic E-state index is 11.8. The molecule has 4 nitrogen and oxygen atoms in total. The number of hydrogen-bond acceptors (Lipinski definition) is 3. The van der Waals surface area contributed by atoms with Crippen molar-refractivity contribution in [3.8, 4) is 5.75 Å². The normalized spacial score (nSPS) is 12.1. The zero-order valence-electron chi connectivity index (χ0n) is 12.1. The molecule has 0 heterocycles. The van der Waals surface area contributed by atoms with Crippen LogP contribution < -0.4 is 4.74 Å². The van der Waals surface area contributed by atoms with Crippen LogP contribution in [0.3, 0.4) is 0 Å². The minimum Gasteiger partial charge on any atom is -0.493 e. The van der Waals surface area contributed by atoms with Gasteiger partial charge in [0.15, 0.2) is 0 Å². The predicted octanol–water partition coefficient (Wildman–Crippen LogP) is 1.91. The van der Waals surface area contributed by atoms with Crippen LogP contribution in [0.5, 0.6) is 5.75 Å². The van der Waals surface area contributed by atoms with Crippen LogP contribution in [-0.2, 0) is 4.79 Å². The molecule has 1 aromatic rings. The average Bonchev–Trinajstić information content (AvgIpc) is 2.39. The fraction of sp³-hybridized carbons (Fsp3) is 0.533. The van der Waals surface area contributed by atoms with Gasteiger partial charge in [-0.05, 0) is 32.4 Å². The van der Waals surface area contributed by atoms with Crippen molar-refractivity contribution in [2.24, 2.45) is 0 Å². The monoisotopic (exact) mass is 265 g/mol. The lowest BCUT2D eigenvalue weighted by atomic mass is 10.1. The Balaban J connectivity index is 2.44. The number of aryl methyl sites for hydroxylation is 2. The Morgan fingerprint density at radius 1 is 1.42 bits per heavy atom. The second-order valence-electron chi connectivity index (χ2n) is 4.90. The van der Waals surface area contributed by atoms with Gasteiger partial charge in [-0.3, -0.25) is 4.79 Å². The molecular weight excluding hydrogens is 242 g/mol. The summed E-state index contributed by atoms with van der Waals surface area (Å²) < 4.78 is 5.62. The van der Waals surface area contributed by atoms with E-state index in [-0.39, 0.29) is 18.6 Å². The van der Waals surface area contributed by atoms with Crippen LogP contribution in [0.4, 0.5) is 0 Å². The van der Waals surface area contributed by atoms with Crippen LogP contribution in [0.25, 0.3) is 0 Å². The van der Waals surface area contributed by atoms with E-state index in [4.69, 9.17) is 9.84 Å². The molecule has 0 aliphatic carbocycles. The molecule has 0 aliphatic rings. The maximum Gasteiger partial charge on any atom is 0.226 e. The molecule has 1 N–H and O–H groups in total. The fourth-order valence-electron chi connectivity index (χ4n) is 1.75. The van der Waals surface area contributed by atoms with Gasteiger partial charge in [0, 0.05) is 7.05 Å².